The highest BCUT2D eigenvalue weighted by Gasteiger charge is 2.25. The number of hydrogen-bond donors (Lipinski definition) is 1. The number of aryl methyl sites for hydroxylation is 1. The molecule has 2 atom stereocenters. The highest BCUT2D eigenvalue weighted by molar-refractivity contribution is 5.85. The fraction of sp³-hybridized carbons (Fsp3) is 0.529. The monoisotopic (exact) mass is 343 g/mol. The molecule has 0 aromatic heterocycles. The van der Waals surface area contributed by atoms with Crippen LogP contribution in [-0.2, 0) is 25.5 Å². The summed E-state index contributed by atoms with van der Waals surface area (Å²) >= 11 is 0. The lowest BCUT2D eigenvalue weighted by atomic mass is 10.0. The number of benzene rings is 1. The molecule has 23 heavy (non-hydrogen) atoms. The number of hydrogen-bond acceptors (Lipinski definition) is 5. The second-order valence-electron chi connectivity index (χ2n) is 4.97. The summed E-state index contributed by atoms with van der Waals surface area (Å²) < 4.78 is 10.0. The Kier molecular flexibility index (Phi) is 11.1. The third-order valence-corrected chi connectivity index (χ3v) is 3.23. The third kappa shape index (κ3) is 8.00. The molecule has 6 heteroatoms. The van der Waals surface area contributed by atoms with Gasteiger partial charge in [0.05, 0.1) is 13.2 Å². The van der Waals surface area contributed by atoms with Crippen LogP contribution in [-0.4, -0.2) is 37.2 Å². The van der Waals surface area contributed by atoms with E-state index in [1.165, 1.54) is 0 Å². The van der Waals surface area contributed by atoms with Crippen molar-refractivity contribution in [3.05, 3.63) is 35.9 Å². The summed E-state index contributed by atoms with van der Waals surface area (Å²) in [4.78, 5) is 23.7. The van der Waals surface area contributed by atoms with Crippen LogP contribution in [0.4, 0.5) is 0 Å². The molecule has 0 amide bonds. The highest BCUT2D eigenvalue weighted by Crippen LogP contribution is 2.07. The standard InChI is InChI=1S/C17H25NO4.ClH/c1-4-21-16(19)13(3)18-15(17(20)22-5-2)12-11-14-9-7-6-8-10-14;/h6-10,13,15,18H,4-5,11-12H2,1-3H3;1H/t13-,15-;/m0./s1. The van der Waals surface area contributed by atoms with Crippen molar-refractivity contribution >= 4 is 24.3 Å². The summed E-state index contributed by atoms with van der Waals surface area (Å²) in [5, 5.41) is 3.01. The van der Waals surface area contributed by atoms with Crippen LogP contribution in [0, 0.1) is 0 Å². The zero-order valence-electron chi connectivity index (χ0n) is 13.9. The maximum Gasteiger partial charge on any atom is 0.323 e. The first-order valence-electron chi connectivity index (χ1n) is 7.71. The Morgan fingerprint density at radius 3 is 2.17 bits per heavy atom. The number of rotatable bonds is 9. The molecule has 0 heterocycles. The van der Waals surface area contributed by atoms with Gasteiger partial charge in [-0.2, -0.15) is 0 Å². The Hall–Kier alpha value is -1.59. The van der Waals surface area contributed by atoms with E-state index in [0.29, 0.717) is 19.6 Å². The van der Waals surface area contributed by atoms with Gasteiger partial charge in [0, 0.05) is 0 Å². The van der Waals surface area contributed by atoms with Crippen LogP contribution in [0.1, 0.15) is 32.8 Å². The largest absolute Gasteiger partial charge is 0.465 e. The van der Waals surface area contributed by atoms with Gasteiger partial charge in [0.2, 0.25) is 0 Å². The van der Waals surface area contributed by atoms with E-state index in [1.807, 2.05) is 30.3 Å². The van der Waals surface area contributed by atoms with Crippen LogP contribution in [0.15, 0.2) is 30.3 Å². The van der Waals surface area contributed by atoms with E-state index in [1.54, 1.807) is 20.8 Å². The van der Waals surface area contributed by atoms with Gasteiger partial charge in [-0.25, -0.2) is 0 Å². The van der Waals surface area contributed by atoms with Crippen LogP contribution >= 0.6 is 12.4 Å². The molecule has 0 bridgehead atoms. The van der Waals surface area contributed by atoms with Gasteiger partial charge >= 0.3 is 11.9 Å². The molecule has 1 rings (SSSR count). The molecule has 0 unspecified atom stereocenters. The second kappa shape index (κ2) is 11.9. The van der Waals surface area contributed by atoms with Crippen molar-refractivity contribution in [3.63, 3.8) is 0 Å². The summed E-state index contributed by atoms with van der Waals surface area (Å²) in [7, 11) is 0. The average molecular weight is 344 g/mol. The molecule has 0 aliphatic carbocycles. The molecule has 0 fully saturated rings. The van der Waals surface area contributed by atoms with Gasteiger partial charge in [0.15, 0.2) is 0 Å². The number of esters is 2. The van der Waals surface area contributed by atoms with Gasteiger partial charge in [-0.1, -0.05) is 30.3 Å². The Morgan fingerprint density at radius 1 is 1.04 bits per heavy atom. The van der Waals surface area contributed by atoms with Gasteiger partial charge in [0.25, 0.3) is 0 Å². The molecule has 0 saturated heterocycles. The smallest absolute Gasteiger partial charge is 0.323 e. The van der Waals surface area contributed by atoms with Crippen molar-refractivity contribution in [2.45, 2.75) is 45.7 Å². The van der Waals surface area contributed by atoms with Crippen LogP contribution in [0.25, 0.3) is 0 Å². The van der Waals surface area contributed by atoms with Gasteiger partial charge in [0.1, 0.15) is 12.1 Å². The van der Waals surface area contributed by atoms with E-state index < -0.39 is 12.1 Å². The number of carbonyl (C=O) groups excluding carboxylic acids is 2. The maximum absolute atomic E-state index is 12.0. The Balaban J connectivity index is 0.00000484. The molecule has 0 aliphatic rings. The van der Waals surface area contributed by atoms with Crippen molar-refractivity contribution in [3.8, 4) is 0 Å². The molecule has 1 aromatic carbocycles. The predicted molar refractivity (Wildman–Crippen MR) is 91.7 cm³/mol. The number of nitrogens with one attached hydrogen (secondary N) is 1. The van der Waals surface area contributed by atoms with E-state index in [0.717, 1.165) is 12.0 Å². The van der Waals surface area contributed by atoms with Crippen molar-refractivity contribution in [2.24, 2.45) is 0 Å². The minimum absolute atomic E-state index is 0. The molecule has 1 N–H and O–H groups in total. The zero-order chi connectivity index (χ0) is 16.4. The van der Waals surface area contributed by atoms with Crippen LogP contribution < -0.4 is 5.32 Å². The van der Waals surface area contributed by atoms with Gasteiger partial charge in [-0.15, -0.1) is 12.4 Å². The van der Waals surface area contributed by atoms with E-state index in [2.05, 4.69) is 5.32 Å². The summed E-state index contributed by atoms with van der Waals surface area (Å²) in [5.74, 6) is -0.703. The minimum Gasteiger partial charge on any atom is -0.465 e. The predicted octanol–water partition coefficient (Wildman–Crippen LogP) is 2.51. The topological polar surface area (TPSA) is 64.6 Å². The van der Waals surface area contributed by atoms with Crippen molar-refractivity contribution < 1.29 is 19.1 Å². The lowest BCUT2D eigenvalue weighted by Gasteiger charge is -2.21. The molecule has 0 aliphatic heterocycles. The first kappa shape index (κ1) is 21.4. The van der Waals surface area contributed by atoms with Crippen LogP contribution in [0.2, 0.25) is 0 Å². The number of carbonyl (C=O) groups is 2. The second-order valence-corrected chi connectivity index (χ2v) is 4.97. The van der Waals surface area contributed by atoms with Crippen molar-refractivity contribution in [1.29, 1.82) is 0 Å². The highest BCUT2D eigenvalue weighted by atomic mass is 35.5. The summed E-state index contributed by atoms with van der Waals surface area (Å²) in [6.07, 6.45) is 1.29. The molecule has 0 radical (unpaired) electrons. The van der Waals surface area contributed by atoms with Crippen LogP contribution in [0.5, 0.6) is 0 Å². The Labute approximate surface area is 144 Å². The summed E-state index contributed by atoms with van der Waals surface area (Å²) in [5.41, 5.74) is 1.14. The number of ether oxygens (including phenoxy) is 2. The number of halogens is 1. The fourth-order valence-electron chi connectivity index (χ4n) is 2.10. The maximum atomic E-state index is 12.0. The molecule has 0 spiro atoms. The molecule has 1 aromatic rings. The average Bonchev–Trinajstić information content (AvgIpc) is 2.52. The Bertz CT molecular complexity index is 467. The summed E-state index contributed by atoms with van der Waals surface area (Å²) in [6, 6.07) is 8.82. The molecular weight excluding hydrogens is 318 g/mol. The van der Waals surface area contributed by atoms with Gasteiger partial charge in [-0.3, -0.25) is 14.9 Å². The molecule has 5 nitrogen and oxygen atoms in total. The SMILES string of the molecule is CCOC(=O)[C@H](C)N[C@@H](CCc1ccccc1)C(=O)OCC.Cl. The quantitative estimate of drug-likeness (QED) is 0.698. The fourth-order valence-corrected chi connectivity index (χ4v) is 2.10. The summed E-state index contributed by atoms with van der Waals surface area (Å²) in [6.45, 7) is 5.84. The third-order valence-electron chi connectivity index (χ3n) is 3.23. The van der Waals surface area contributed by atoms with E-state index >= 15 is 0 Å². The first-order chi connectivity index (χ1) is 10.6. The minimum atomic E-state index is -0.551. The zero-order valence-corrected chi connectivity index (χ0v) is 14.7. The van der Waals surface area contributed by atoms with Crippen LogP contribution in [0.3, 0.4) is 0 Å². The Morgan fingerprint density at radius 2 is 1.61 bits per heavy atom. The first-order valence-corrected chi connectivity index (χ1v) is 7.71. The van der Waals surface area contributed by atoms with E-state index in [4.69, 9.17) is 9.47 Å². The normalized spacial score (nSPS) is 12.7. The molecule has 0 saturated carbocycles. The van der Waals surface area contributed by atoms with E-state index in [9.17, 15) is 9.59 Å². The van der Waals surface area contributed by atoms with Crippen molar-refractivity contribution in [1.82, 2.24) is 5.32 Å². The lowest BCUT2D eigenvalue weighted by Crippen LogP contribution is -2.47. The van der Waals surface area contributed by atoms with Crippen molar-refractivity contribution in [2.75, 3.05) is 13.2 Å². The van der Waals surface area contributed by atoms with Gasteiger partial charge in [-0.05, 0) is 39.2 Å². The molecule has 130 valence electrons. The molecular formula is C17H26ClNO4. The van der Waals surface area contributed by atoms with E-state index in [-0.39, 0.29) is 24.3 Å². The van der Waals surface area contributed by atoms with Gasteiger partial charge < -0.3 is 9.47 Å². The lowest BCUT2D eigenvalue weighted by molar-refractivity contribution is -0.148.